The fraction of sp³-hybridized carbons (Fsp3) is 0.389. The van der Waals surface area contributed by atoms with Crippen LogP contribution in [0.2, 0.25) is 0 Å². The van der Waals surface area contributed by atoms with Crippen LogP contribution in [0.3, 0.4) is 0 Å². The smallest absolute Gasteiger partial charge is 0.328 e. The number of piperidine rings is 1. The first-order valence-corrected chi connectivity index (χ1v) is 8.36. The summed E-state index contributed by atoms with van der Waals surface area (Å²) in [4.78, 5) is 19.1. The normalized spacial score (nSPS) is 23.9. The second-order valence-electron chi connectivity index (χ2n) is 6.47. The summed E-state index contributed by atoms with van der Waals surface area (Å²) >= 11 is 0. The molecule has 0 saturated carbocycles. The van der Waals surface area contributed by atoms with Gasteiger partial charge in [-0.1, -0.05) is 18.2 Å². The van der Waals surface area contributed by atoms with Crippen molar-refractivity contribution in [3.63, 3.8) is 0 Å². The number of hydrogen-bond donors (Lipinski definition) is 4. The molecule has 2 saturated heterocycles. The van der Waals surface area contributed by atoms with E-state index in [-0.39, 0.29) is 5.48 Å². The third-order valence-corrected chi connectivity index (χ3v) is 4.73. The number of para-hydroxylation sites is 1. The van der Waals surface area contributed by atoms with Crippen LogP contribution in [0.4, 0.5) is 0 Å². The van der Waals surface area contributed by atoms with Gasteiger partial charge in [0.05, 0.1) is 11.2 Å². The lowest BCUT2D eigenvalue weighted by atomic mass is 9.88. The molecule has 2 aliphatic heterocycles. The molecule has 4 rings (SSSR count). The first-order chi connectivity index (χ1) is 12.0. The van der Waals surface area contributed by atoms with Crippen molar-refractivity contribution in [1.82, 2.24) is 15.5 Å². The van der Waals surface area contributed by atoms with Crippen LogP contribution in [0.25, 0.3) is 10.9 Å². The Morgan fingerprint density at radius 1 is 1.04 bits per heavy atom. The Labute approximate surface area is 150 Å². The van der Waals surface area contributed by atoms with Crippen LogP contribution >= 0.6 is 0 Å². The van der Waals surface area contributed by atoms with Crippen LogP contribution in [-0.4, -0.2) is 49.9 Å². The number of fused-ring (bicyclic) bond motifs is 3. The molecule has 8 heteroatoms. The topological polar surface area (TPSA) is 147 Å². The van der Waals surface area contributed by atoms with Gasteiger partial charge in [0.2, 0.25) is 0 Å². The fourth-order valence-electron chi connectivity index (χ4n) is 3.72. The first-order valence-electron chi connectivity index (χ1n) is 8.36. The highest BCUT2D eigenvalue weighted by atomic mass is 16.4. The van der Waals surface area contributed by atoms with E-state index >= 15 is 0 Å². The zero-order valence-electron chi connectivity index (χ0n) is 14.2. The molecule has 0 aliphatic carbocycles. The highest BCUT2D eigenvalue weighted by Crippen LogP contribution is 2.38. The van der Waals surface area contributed by atoms with E-state index in [9.17, 15) is 9.59 Å². The van der Waals surface area contributed by atoms with E-state index in [4.69, 9.17) is 10.2 Å². The zero-order chi connectivity index (χ0) is 17.8. The Balaban J connectivity index is 0.000000235. The number of carbonyl (C=O) groups is 2. The van der Waals surface area contributed by atoms with Crippen LogP contribution in [0.15, 0.2) is 36.4 Å². The maximum absolute atomic E-state index is 9.55. The molecular weight excluding hydrogens is 338 g/mol. The summed E-state index contributed by atoms with van der Waals surface area (Å²) < 4.78 is 0. The highest BCUT2D eigenvalue weighted by Gasteiger charge is 2.35. The van der Waals surface area contributed by atoms with Crippen molar-refractivity contribution in [3.05, 3.63) is 42.1 Å². The van der Waals surface area contributed by atoms with Crippen LogP contribution < -0.4 is 5.32 Å². The summed E-state index contributed by atoms with van der Waals surface area (Å²) in [5.41, 5.74) is 2.47. The van der Waals surface area contributed by atoms with Crippen molar-refractivity contribution >= 4 is 22.8 Å². The van der Waals surface area contributed by atoms with Gasteiger partial charge in [0, 0.05) is 35.5 Å². The Morgan fingerprint density at radius 3 is 2.19 bits per heavy atom. The summed E-state index contributed by atoms with van der Waals surface area (Å²) in [5.74, 6) is -1.87. The second-order valence-corrected chi connectivity index (χ2v) is 6.47. The number of nitrogens with zero attached hydrogens (tertiary/aromatic N) is 1. The predicted octanol–water partition coefficient (Wildman–Crippen LogP) is 1.45. The molecule has 0 spiro atoms. The molecule has 140 valence electrons. The number of benzene rings is 1. The largest absolute Gasteiger partial charge is 0.478 e. The minimum Gasteiger partial charge on any atom is -0.478 e. The molecular formula is C18H23N3O5. The zero-order valence-corrected chi connectivity index (χ0v) is 14.2. The molecule has 2 unspecified atom stereocenters. The summed E-state index contributed by atoms with van der Waals surface area (Å²) in [5, 5.41) is 28.4. The summed E-state index contributed by atoms with van der Waals surface area (Å²) in [6.45, 7) is 0. The average Bonchev–Trinajstić information content (AvgIpc) is 3.16. The van der Waals surface area contributed by atoms with Gasteiger partial charge in [0.25, 0.3) is 0 Å². The van der Waals surface area contributed by atoms with Crippen molar-refractivity contribution in [1.29, 1.82) is 0 Å². The number of carboxylic acid groups (broad SMARTS) is 2. The van der Waals surface area contributed by atoms with Gasteiger partial charge in [-0.25, -0.2) is 9.59 Å². The van der Waals surface area contributed by atoms with E-state index in [1.165, 1.54) is 42.3 Å². The van der Waals surface area contributed by atoms with E-state index < -0.39 is 11.9 Å². The predicted molar refractivity (Wildman–Crippen MR) is 96.0 cm³/mol. The molecule has 0 radical (unpaired) electrons. The first kappa shape index (κ1) is 19.6. The number of H-pyrrole nitrogens is 1. The Morgan fingerprint density at radius 2 is 1.62 bits per heavy atom. The van der Waals surface area contributed by atoms with Crippen molar-refractivity contribution in [2.24, 2.45) is 0 Å². The molecule has 0 amide bonds. The lowest BCUT2D eigenvalue weighted by Gasteiger charge is -2.28. The van der Waals surface area contributed by atoms with Gasteiger partial charge in [-0.05, 0) is 31.7 Å². The van der Waals surface area contributed by atoms with Gasteiger partial charge >= 0.3 is 11.9 Å². The Bertz CT molecular complexity index is 773. The summed E-state index contributed by atoms with van der Waals surface area (Å²) in [6, 6.07) is 9.94. The average molecular weight is 361 g/mol. The van der Waals surface area contributed by atoms with E-state index in [1.54, 1.807) is 0 Å². The van der Waals surface area contributed by atoms with Crippen molar-refractivity contribution < 1.29 is 25.3 Å². The van der Waals surface area contributed by atoms with Crippen LogP contribution in [0, 0.1) is 0 Å². The van der Waals surface area contributed by atoms with Gasteiger partial charge in [0.1, 0.15) is 0 Å². The van der Waals surface area contributed by atoms with Crippen LogP contribution in [0.5, 0.6) is 0 Å². The molecule has 2 fully saturated rings. The Hall–Kier alpha value is -2.71. The molecule has 2 aromatic rings. The summed E-state index contributed by atoms with van der Waals surface area (Å²) in [6.07, 6.45) is 6.33. The SMILES string of the molecule is O.O=C(O)/C=C/C(=O)O.c1ccc2c(C3CC4CCC(C3)N4)n[nH]c2c1. The second kappa shape index (κ2) is 8.59. The number of rotatable bonds is 3. The molecule has 8 nitrogen and oxygen atoms in total. The molecule has 3 heterocycles. The van der Waals surface area contributed by atoms with Gasteiger partial charge in [-0.3, -0.25) is 5.10 Å². The fourth-order valence-corrected chi connectivity index (χ4v) is 3.72. The number of aromatic amines is 1. The van der Waals surface area contributed by atoms with Crippen molar-refractivity contribution in [3.8, 4) is 0 Å². The molecule has 1 aromatic carbocycles. The maximum Gasteiger partial charge on any atom is 0.328 e. The van der Waals surface area contributed by atoms with Crippen LogP contribution in [0.1, 0.15) is 37.3 Å². The van der Waals surface area contributed by atoms with E-state index in [1.807, 2.05) is 0 Å². The van der Waals surface area contributed by atoms with Gasteiger partial charge in [-0.2, -0.15) is 5.10 Å². The molecule has 2 atom stereocenters. The molecule has 2 bridgehead atoms. The van der Waals surface area contributed by atoms with E-state index in [0.29, 0.717) is 18.1 Å². The number of carboxylic acids is 2. The number of hydrogen-bond acceptors (Lipinski definition) is 4. The molecule has 1 aromatic heterocycles. The van der Waals surface area contributed by atoms with Gasteiger partial charge in [-0.15, -0.1) is 0 Å². The standard InChI is InChI=1S/C14H17N3.C4H4O4.H2O/c1-2-4-13-12(3-1)14(17-16-13)9-7-10-5-6-11(8-9)15-10;5-3(6)1-2-4(7)8;/h1-4,9-11,15H,5-8H2,(H,16,17);1-2H,(H,5,6)(H,7,8);1H2/b;2-1+;. The quantitative estimate of drug-likeness (QED) is 0.608. The minimum atomic E-state index is -1.26. The van der Waals surface area contributed by atoms with Crippen molar-refractivity contribution in [2.45, 2.75) is 43.7 Å². The third-order valence-electron chi connectivity index (χ3n) is 4.73. The number of nitrogens with one attached hydrogen (secondary N) is 2. The lowest BCUT2D eigenvalue weighted by molar-refractivity contribution is -0.134. The number of aliphatic carboxylic acids is 2. The maximum atomic E-state index is 9.55. The molecule has 2 aliphatic rings. The van der Waals surface area contributed by atoms with E-state index in [0.717, 1.165) is 12.1 Å². The minimum absolute atomic E-state index is 0. The monoisotopic (exact) mass is 361 g/mol. The molecule has 6 N–H and O–H groups in total. The van der Waals surface area contributed by atoms with Crippen LogP contribution in [-0.2, 0) is 9.59 Å². The number of aromatic nitrogens is 2. The van der Waals surface area contributed by atoms with Gasteiger partial charge in [0.15, 0.2) is 0 Å². The van der Waals surface area contributed by atoms with Crippen molar-refractivity contribution in [2.75, 3.05) is 0 Å². The van der Waals surface area contributed by atoms with E-state index in [2.05, 4.69) is 39.8 Å². The Kier molecular flexibility index (Phi) is 6.48. The highest BCUT2D eigenvalue weighted by molar-refractivity contribution is 5.89. The summed E-state index contributed by atoms with van der Waals surface area (Å²) in [7, 11) is 0. The lowest BCUT2D eigenvalue weighted by Crippen LogP contribution is -2.37. The third kappa shape index (κ3) is 4.68. The molecule has 26 heavy (non-hydrogen) atoms. The van der Waals surface area contributed by atoms with Gasteiger partial charge < -0.3 is 21.0 Å².